The fraction of sp³-hybridized carbons (Fsp3) is 0.941. The summed E-state index contributed by atoms with van der Waals surface area (Å²) in [6.07, 6.45) is 12.0. The second kappa shape index (κ2) is 8.02. The van der Waals surface area contributed by atoms with Crippen molar-refractivity contribution in [2.24, 2.45) is 11.8 Å². The van der Waals surface area contributed by atoms with Crippen molar-refractivity contribution in [3.05, 3.63) is 0 Å². The van der Waals surface area contributed by atoms with Gasteiger partial charge < -0.3 is 10.0 Å². The summed E-state index contributed by atoms with van der Waals surface area (Å²) in [6, 6.07) is 0.788. The number of hydrogen-bond donors (Lipinski definition) is 1. The Balaban J connectivity index is 1.74. The van der Waals surface area contributed by atoms with Crippen LogP contribution in [0.15, 0.2) is 0 Å². The van der Waals surface area contributed by atoms with Gasteiger partial charge in [0.1, 0.15) is 0 Å². The van der Waals surface area contributed by atoms with Gasteiger partial charge in [-0.15, -0.1) is 0 Å². The van der Waals surface area contributed by atoms with E-state index in [9.17, 15) is 4.79 Å². The van der Waals surface area contributed by atoms with E-state index in [0.717, 1.165) is 24.9 Å². The van der Waals surface area contributed by atoms with Gasteiger partial charge in [-0.3, -0.25) is 4.79 Å². The Kier molecular flexibility index (Phi) is 6.34. The van der Waals surface area contributed by atoms with Gasteiger partial charge in [0.15, 0.2) is 0 Å². The Morgan fingerprint density at radius 3 is 2.50 bits per heavy atom. The maximum absolute atomic E-state index is 10.7. The molecule has 1 saturated heterocycles. The van der Waals surface area contributed by atoms with Crippen molar-refractivity contribution in [3.63, 3.8) is 0 Å². The summed E-state index contributed by atoms with van der Waals surface area (Å²) in [7, 11) is 0. The molecule has 1 heterocycles. The van der Waals surface area contributed by atoms with E-state index in [0.29, 0.717) is 12.3 Å². The van der Waals surface area contributed by atoms with Crippen LogP contribution in [-0.2, 0) is 4.79 Å². The number of aliphatic carboxylic acids is 1. The van der Waals surface area contributed by atoms with Crippen molar-refractivity contribution in [1.82, 2.24) is 4.90 Å². The molecule has 0 aromatic heterocycles. The quantitative estimate of drug-likeness (QED) is 0.802. The highest BCUT2D eigenvalue weighted by atomic mass is 16.4. The molecule has 1 N–H and O–H groups in total. The van der Waals surface area contributed by atoms with Crippen LogP contribution in [0.25, 0.3) is 0 Å². The fourth-order valence-electron chi connectivity index (χ4n) is 4.20. The number of rotatable bonds is 6. The highest BCUT2D eigenvalue weighted by molar-refractivity contribution is 5.66. The first-order valence-corrected chi connectivity index (χ1v) is 8.65. The average molecular weight is 281 g/mol. The smallest absolute Gasteiger partial charge is 0.303 e. The van der Waals surface area contributed by atoms with Crippen molar-refractivity contribution in [3.8, 4) is 0 Å². The molecular formula is C17H31NO2. The van der Waals surface area contributed by atoms with Gasteiger partial charge in [-0.05, 0) is 63.3 Å². The summed E-state index contributed by atoms with van der Waals surface area (Å²) in [4.78, 5) is 13.4. The molecule has 2 fully saturated rings. The number of carbonyl (C=O) groups is 1. The molecule has 0 radical (unpaired) electrons. The lowest BCUT2D eigenvalue weighted by Gasteiger charge is -2.41. The first kappa shape index (κ1) is 15.8. The van der Waals surface area contributed by atoms with E-state index in [4.69, 9.17) is 5.11 Å². The number of hydrogen-bond acceptors (Lipinski definition) is 2. The molecular weight excluding hydrogens is 250 g/mol. The van der Waals surface area contributed by atoms with E-state index in [-0.39, 0.29) is 0 Å². The third kappa shape index (κ3) is 4.76. The predicted octanol–water partition coefficient (Wildman–Crippen LogP) is 3.92. The van der Waals surface area contributed by atoms with Crippen LogP contribution < -0.4 is 0 Å². The van der Waals surface area contributed by atoms with E-state index in [1.165, 1.54) is 57.9 Å². The Hall–Kier alpha value is -0.570. The van der Waals surface area contributed by atoms with Crippen molar-refractivity contribution in [2.75, 3.05) is 13.1 Å². The second-order valence-electron chi connectivity index (χ2n) is 6.90. The molecule has 0 bridgehead atoms. The molecule has 0 amide bonds. The summed E-state index contributed by atoms with van der Waals surface area (Å²) in [5, 5.41) is 8.82. The molecule has 1 saturated carbocycles. The Morgan fingerprint density at radius 1 is 1.10 bits per heavy atom. The minimum atomic E-state index is -0.637. The maximum atomic E-state index is 10.7. The van der Waals surface area contributed by atoms with E-state index < -0.39 is 5.97 Å². The molecule has 0 spiro atoms. The number of carboxylic acids is 1. The highest BCUT2D eigenvalue weighted by Gasteiger charge is 2.29. The molecule has 2 rings (SSSR count). The first-order chi connectivity index (χ1) is 9.69. The molecule has 2 aliphatic rings. The molecule has 1 aliphatic carbocycles. The monoisotopic (exact) mass is 281 g/mol. The molecule has 1 unspecified atom stereocenters. The lowest BCUT2D eigenvalue weighted by atomic mass is 9.81. The van der Waals surface area contributed by atoms with Crippen LogP contribution in [-0.4, -0.2) is 35.1 Å². The summed E-state index contributed by atoms with van der Waals surface area (Å²) in [6.45, 7) is 4.69. The predicted molar refractivity (Wildman–Crippen MR) is 81.8 cm³/mol. The number of likely N-dealkylation sites (tertiary alicyclic amines) is 1. The first-order valence-electron chi connectivity index (χ1n) is 8.65. The Morgan fingerprint density at radius 2 is 1.85 bits per heavy atom. The molecule has 0 aromatic carbocycles. The molecule has 1 atom stereocenters. The Labute approximate surface area is 123 Å². The summed E-state index contributed by atoms with van der Waals surface area (Å²) in [5.74, 6) is 0.958. The average Bonchev–Trinajstić information content (AvgIpc) is 2.47. The van der Waals surface area contributed by atoms with Crippen LogP contribution in [0.3, 0.4) is 0 Å². The van der Waals surface area contributed by atoms with Crippen LogP contribution in [0.5, 0.6) is 0 Å². The molecule has 20 heavy (non-hydrogen) atoms. The van der Waals surface area contributed by atoms with Gasteiger partial charge in [0.05, 0.1) is 0 Å². The van der Waals surface area contributed by atoms with Gasteiger partial charge in [0, 0.05) is 19.0 Å². The van der Waals surface area contributed by atoms with E-state index in [2.05, 4.69) is 11.8 Å². The summed E-state index contributed by atoms with van der Waals surface area (Å²) >= 11 is 0. The molecule has 1 aliphatic heterocycles. The second-order valence-corrected chi connectivity index (χ2v) is 6.90. The molecule has 116 valence electrons. The van der Waals surface area contributed by atoms with Crippen molar-refractivity contribution in [1.29, 1.82) is 0 Å². The fourth-order valence-corrected chi connectivity index (χ4v) is 4.20. The van der Waals surface area contributed by atoms with Gasteiger partial charge in [0.25, 0.3) is 0 Å². The largest absolute Gasteiger partial charge is 0.481 e. The normalized spacial score (nSPS) is 32.1. The van der Waals surface area contributed by atoms with Crippen LogP contribution in [0.1, 0.15) is 71.1 Å². The summed E-state index contributed by atoms with van der Waals surface area (Å²) in [5.41, 5.74) is 0. The van der Waals surface area contributed by atoms with Crippen LogP contribution >= 0.6 is 0 Å². The lowest BCUT2D eigenvalue weighted by molar-refractivity contribution is -0.137. The number of nitrogens with zero attached hydrogens (tertiary/aromatic N) is 1. The van der Waals surface area contributed by atoms with Crippen LogP contribution in [0, 0.1) is 11.8 Å². The zero-order valence-electron chi connectivity index (χ0n) is 13.0. The van der Waals surface area contributed by atoms with Crippen molar-refractivity contribution >= 4 is 5.97 Å². The van der Waals surface area contributed by atoms with Gasteiger partial charge in [-0.25, -0.2) is 0 Å². The highest BCUT2D eigenvalue weighted by Crippen LogP contribution is 2.33. The Bertz CT molecular complexity index is 297. The topological polar surface area (TPSA) is 40.5 Å². The lowest BCUT2D eigenvalue weighted by Crippen LogP contribution is -2.44. The van der Waals surface area contributed by atoms with Gasteiger partial charge in [-0.2, -0.15) is 0 Å². The minimum absolute atomic E-state index is 0.349. The van der Waals surface area contributed by atoms with Gasteiger partial charge in [0.2, 0.25) is 0 Å². The third-order valence-corrected chi connectivity index (χ3v) is 5.35. The standard InChI is InChI=1S/C17H31NO2/c1-2-4-14-6-9-16(10-7-14)18-12-3-5-15(13-18)8-11-17(19)20/h14-16H,2-13H2,1H3,(H,19,20). The third-order valence-electron chi connectivity index (χ3n) is 5.35. The van der Waals surface area contributed by atoms with Gasteiger partial charge >= 0.3 is 5.97 Å². The maximum Gasteiger partial charge on any atom is 0.303 e. The van der Waals surface area contributed by atoms with Crippen molar-refractivity contribution < 1.29 is 9.90 Å². The minimum Gasteiger partial charge on any atom is -0.481 e. The zero-order chi connectivity index (χ0) is 14.4. The van der Waals surface area contributed by atoms with Gasteiger partial charge in [-0.1, -0.05) is 19.8 Å². The SMILES string of the molecule is CCCC1CCC(N2CCCC(CCC(=O)O)C2)CC1. The zero-order valence-corrected chi connectivity index (χ0v) is 13.0. The summed E-state index contributed by atoms with van der Waals surface area (Å²) < 4.78 is 0. The van der Waals surface area contributed by atoms with E-state index >= 15 is 0 Å². The number of carboxylic acid groups (broad SMARTS) is 1. The van der Waals surface area contributed by atoms with Crippen LogP contribution in [0.4, 0.5) is 0 Å². The molecule has 3 heteroatoms. The number of piperidine rings is 1. The van der Waals surface area contributed by atoms with Crippen molar-refractivity contribution in [2.45, 2.75) is 77.2 Å². The molecule has 0 aromatic rings. The molecule has 3 nitrogen and oxygen atoms in total. The van der Waals surface area contributed by atoms with E-state index in [1.807, 2.05) is 0 Å². The van der Waals surface area contributed by atoms with E-state index in [1.54, 1.807) is 0 Å². The van der Waals surface area contributed by atoms with Crippen LogP contribution in [0.2, 0.25) is 0 Å².